The first kappa shape index (κ1) is 18.6. The van der Waals surface area contributed by atoms with Crippen LogP contribution < -0.4 is 19.5 Å². The van der Waals surface area contributed by atoms with E-state index < -0.39 is 0 Å². The van der Waals surface area contributed by atoms with Crippen molar-refractivity contribution in [2.45, 2.75) is 26.8 Å². The molecule has 25 heavy (non-hydrogen) atoms. The summed E-state index contributed by atoms with van der Waals surface area (Å²) in [5.74, 6) is 1.79. The lowest BCUT2D eigenvalue weighted by Gasteiger charge is -2.13. The van der Waals surface area contributed by atoms with Gasteiger partial charge in [-0.3, -0.25) is 4.79 Å². The number of methoxy groups -OCH3 is 1. The SMILES string of the molecule is CCCOc1ccc(CNC(=O)c2ccccc2OCC)cc1OC. The van der Waals surface area contributed by atoms with Crippen LogP contribution >= 0.6 is 0 Å². The van der Waals surface area contributed by atoms with Gasteiger partial charge in [-0.05, 0) is 43.2 Å². The lowest BCUT2D eigenvalue weighted by atomic mass is 10.1. The van der Waals surface area contributed by atoms with Gasteiger partial charge in [-0.2, -0.15) is 0 Å². The Labute approximate surface area is 148 Å². The average Bonchev–Trinajstić information content (AvgIpc) is 2.65. The number of para-hydroxylation sites is 1. The highest BCUT2D eigenvalue weighted by molar-refractivity contribution is 5.96. The zero-order chi connectivity index (χ0) is 18.1. The first-order valence-corrected chi connectivity index (χ1v) is 8.49. The minimum Gasteiger partial charge on any atom is -0.493 e. The molecule has 0 bridgehead atoms. The van der Waals surface area contributed by atoms with E-state index in [1.54, 1.807) is 19.2 Å². The van der Waals surface area contributed by atoms with Gasteiger partial charge >= 0.3 is 0 Å². The fourth-order valence-corrected chi connectivity index (χ4v) is 2.37. The molecule has 0 radical (unpaired) electrons. The maximum Gasteiger partial charge on any atom is 0.255 e. The summed E-state index contributed by atoms with van der Waals surface area (Å²) < 4.78 is 16.5. The van der Waals surface area contributed by atoms with Gasteiger partial charge in [0, 0.05) is 6.54 Å². The topological polar surface area (TPSA) is 56.8 Å². The van der Waals surface area contributed by atoms with E-state index in [4.69, 9.17) is 14.2 Å². The number of hydrogen-bond donors (Lipinski definition) is 1. The number of rotatable bonds is 9. The van der Waals surface area contributed by atoms with Crippen LogP contribution in [-0.2, 0) is 6.54 Å². The number of hydrogen-bond acceptors (Lipinski definition) is 4. The molecule has 0 saturated carbocycles. The third-order valence-electron chi connectivity index (χ3n) is 3.57. The van der Waals surface area contributed by atoms with E-state index >= 15 is 0 Å². The van der Waals surface area contributed by atoms with Crippen molar-refractivity contribution >= 4 is 5.91 Å². The lowest BCUT2D eigenvalue weighted by Crippen LogP contribution is -2.23. The van der Waals surface area contributed by atoms with Crippen molar-refractivity contribution in [3.63, 3.8) is 0 Å². The molecule has 0 heterocycles. The van der Waals surface area contributed by atoms with Crippen LogP contribution in [0, 0.1) is 0 Å². The Hall–Kier alpha value is -2.69. The summed E-state index contributed by atoms with van der Waals surface area (Å²) in [6.45, 7) is 5.49. The lowest BCUT2D eigenvalue weighted by molar-refractivity contribution is 0.0947. The monoisotopic (exact) mass is 343 g/mol. The molecule has 2 aromatic carbocycles. The van der Waals surface area contributed by atoms with Crippen molar-refractivity contribution < 1.29 is 19.0 Å². The van der Waals surface area contributed by atoms with Crippen molar-refractivity contribution in [2.75, 3.05) is 20.3 Å². The van der Waals surface area contributed by atoms with Crippen molar-refractivity contribution in [2.24, 2.45) is 0 Å². The van der Waals surface area contributed by atoms with Gasteiger partial charge in [0.1, 0.15) is 5.75 Å². The summed E-state index contributed by atoms with van der Waals surface area (Å²) in [6, 6.07) is 12.9. The van der Waals surface area contributed by atoms with Crippen molar-refractivity contribution in [3.05, 3.63) is 53.6 Å². The smallest absolute Gasteiger partial charge is 0.255 e. The molecule has 0 spiro atoms. The Morgan fingerprint density at radius 2 is 1.80 bits per heavy atom. The average molecular weight is 343 g/mol. The standard InChI is InChI=1S/C20H25NO4/c1-4-12-25-18-11-10-15(13-19(18)23-3)14-21-20(22)16-8-6-7-9-17(16)24-5-2/h6-11,13H,4-5,12,14H2,1-3H3,(H,21,22). The van der Waals surface area contributed by atoms with Crippen LogP contribution in [0.25, 0.3) is 0 Å². The molecule has 5 nitrogen and oxygen atoms in total. The van der Waals surface area contributed by atoms with Crippen LogP contribution in [0.4, 0.5) is 0 Å². The van der Waals surface area contributed by atoms with Gasteiger partial charge in [0.15, 0.2) is 11.5 Å². The van der Waals surface area contributed by atoms with Crippen LogP contribution in [0.15, 0.2) is 42.5 Å². The quantitative estimate of drug-likeness (QED) is 0.752. The van der Waals surface area contributed by atoms with Gasteiger partial charge in [-0.15, -0.1) is 0 Å². The second-order valence-corrected chi connectivity index (χ2v) is 5.45. The highest BCUT2D eigenvalue weighted by Crippen LogP contribution is 2.28. The molecule has 0 fully saturated rings. The fourth-order valence-electron chi connectivity index (χ4n) is 2.37. The molecule has 0 aromatic heterocycles. The zero-order valence-electron chi connectivity index (χ0n) is 15.0. The number of benzene rings is 2. The molecule has 134 valence electrons. The van der Waals surface area contributed by atoms with Crippen molar-refractivity contribution in [1.29, 1.82) is 0 Å². The van der Waals surface area contributed by atoms with Gasteiger partial charge in [-0.25, -0.2) is 0 Å². The Morgan fingerprint density at radius 1 is 1.00 bits per heavy atom. The number of ether oxygens (including phenoxy) is 3. The minimum atomic E-state index is -0.172. The third-order valence-corrected chi connectivity index (χ3v) is 3.57. The minimum absolute atomic E-state index is 0.172. The zero-order valence-corrected chi connectivity index (χ0v) is 15.0. The van der Waals surface area contributed by atoms with Gasteiger partial charge < -0.3 is 19.5 Å². The molecule has 5 heteroatoms. The van der Waals surface area contributed by atoms with E-state index in [-0.39, 0.29) is 5.91 Å². The molecule has 0 saturated heterocycles. The Bertz CT molecular complexity index is 700. The highest BCUT2D eigenvalue weighted by atomic mass is 16.5. The molecule has 2 rings (SSSR count). The normalized spacial score (nSPS) is 10.2. The first-order chi connectivity index (χ1) is 12.2. The summed E-state index contributed by atoms with van der Waals surface area (Å²) >= 11 is 0. The summed E-state index contributed by atoms with van der Waals surface area (Å²) in [7, 11) is 1.61. The predicted octanol–water partition coefficient (Wildman–Crippen LogP) is 3.81. The third kappa shape index (κ3) is 5.14. The first-order valence-electron chi connectivity index (χ1n) is 8.49. The second-order valence-electron chi connectivity index (χ2n) is 5.45. The second kappa shape index (κ2) is 9.57. The highest BCUT2D eigenvalue weighted by Gasteiger charge is 2.12. The number of carbonyl (C=O) groups is 1. The van der Waals surface area contributed by atoms with Crippen LogP contribution in [0.3, 0.4) is 0 Å². The molecule has 0 aliphatic carbocycles. The Morgan fingerprint density at radius 3 is 2.52 bits per heavy atom. The molecular weight excluding hydrogens is 318 g/mol. The van der Waals surface area contributed by atoms with Crippen LogP contribution in [0.1, 0.15) is 36.2 Å². The van der Waals surface area contributed by atoms with Gasteiger partial charge in [-0.1, -0.05) is 25.1 Å². The summed E-state index contributed by atoms with van der Waals surface area (Å²) in [4.78, 5) is 12.4. The van der Waals surface area contributed by atoms with Crippen molar-refractivity contribution in [3.8, 4) is 17.2 Å². The summed E-state index contributed by atoms with van der Waals surface area (Å²) in [6.07, 6.45) is 0.931. The predicted molar refractivity (Wildman–Crippen MR) is 97.6 cm³/mol. The van der Waals surface area contributed by atoms with E-state index in [0.717, 1.165) is 12.0 Å². The van der Waals surface area contributed by atoms with Gasteiger partial charge in [0.25, 0.3) is 5.91 Å². The number of nitrogens with one attached hydrogen (secondary N) is 1. The van der Waals surface area contributed by atoms with Crippen molar-refractivity contribution in [1.82, 2.24) is 5.32 Å². The molecule has 0 unspecified atom stereocenters. The summed E-state index contributed by atoms with van der Waals surface area (Å²) in [5, 5.41) is 2.91. The molecule has 2 aromatic rings. The van der Waals surface area contributed by atoms with Crippen LogP contribution in [0.2, 0.25) is 0 Å². The molecule has 0 aliphatic heterocycles. The molecule has 0 aliphatic rings. The largest absolute Gasteiger partial charge is 0.493 e. The van der Waals surface area contributed by atoms with Crippen LogP contribution in [-0.4, -0.2) is 26.2 Å². The molecular formula is C20H25NO4. The van der Waals surface area contributed by atoms with Crippen LogP contribution in [0.5, 0.6) is 17.2 Å². The number of amides is 1. The summed E-state index contributed by atoms with van der Waals surface area (Å²) in [5.41, 5.74) is 1.46. The maximum absolute atomic E-state index is 12.4. The maximum atomic E-state index is 12.4. The Kier molecular flexibility index (Phi) is 7.14. The van der Waals surface area contributed by atoms with E-state index in [2.05, 4.69) is 12.2 Å². The molecule has 0 atom stereocenters. The van der Waals surface area contributed by atoms with E-state index in [1.807, 2.05) is 37.3 Å². The van der Waals surface area contributed by atoms with Gasteiger partial charge in [0.05, 0.1) is 25.9 Å². The van der Waals surface area contributed by atoms with Gasteiger partial charge in [0.2, 0.25) is 0 Å². The number of carbonyl (C=O) groups excluding carboxylic acids is 1. The fraction of sp³-hybridized carbons (Fsp3) is 0.350. The molecule has 1 N–H and O–H groups in total. The Balaban J connectivity index is 2.04. The van der Waals surface area contributed by atoms with E-state index in [0.29, 0.717) is 42.6 Å². The van der Waals surface area contributed by atoms with E-state index in [9.17, 15) is 4.79 Å². The van der Waals surface area contributed by atoms with E-state index in [1.165, 1.54) is 0 Å². The molecule has 1 amide bonds.